The second kappa shape index (κ2) is 4.65. The maximum atomic E-state index is 13.1. The first-order chi connectivity index (χ1) is 8.38. The van der Waals surface area contributed by atoms with Gasteiger partial charge >= 0.3 is 0 Å². The summed E-state index contributed by atoms with van der Waals surface area (Å²) in [5, 5.41) is 0.558. The first-order valence-corrected chi connectivity index (χ1v) is 6.02. The molecule has 2 heterocycles. The third kappa shape index (κ3) is 2.67. The molecule has 2 aromatic rings. The van der Waals surface area contributed by atoms with Crippen molar-refractivity contribution in [3.63, 3.8) is 0 Å². The minimum Gasteiger partial charge on any atom is -0.261 e. The monoisotopic (exact) mass is 264 g/mol. The van der Waals surface area contributed by atoms with Crippen LogP contribution in [0, 0.1) is 5.82 Å². The van der Waals surface area contributed by atoms with Crippen molar-refractivity contribution in [2.45, 2.75) is 26.2 Å². The first kappa shape index (κ1) is 13.0. The Morgan fingerprint density at radius 1 is 1.11 bits per heavy atom. The normalized spacial score (nSPS) is 11.6. The van der Waals surface area contributed by atoms with E-state index in [-0.39, 0.29) is 11.2 Å². The predicted molar refractivity (Wildman–Crippen MR) is 71.1 cm³/mol. The lowest BCUT2D eigenvalue weighted by atomic mass is 9.91. The van der Waals surface area contributed by atoms with E-state index in [0.29, 0.717) is 16.1 Å². The predicted octanol–water partition coefficient (Wildman–Crippen LogP) is 4.23. The molecule has 0 N–H and O–H groups in total. The average Bonchev–Trinajstić information content (AvgIpc) is 2.27. The molecular formula is C14H14ClFN2. The van der Waals surface area contributed by atoms with Crippen molar-refractivity contribution >= 4 is 11.6 Å². The highest BCUT2D eigenvalue weighted by Gasteiger charge is 2.17. The number of hydrogen-bond acceptors (Lipinski definition) is 2. The lowest BCUT2D eigenvalue weighted by Gasteiger charge is -2.18. The van der Waals surface area contributed by atoms with Crippen LogP contribution in [0.5, 0.6) is 0 Å². The van der Waals surface area contributed by atoms with Crippen molar-refractivity contribution < 1.29 is 4.39 Å². The van der Waals surface area contributed by atoms with Crippen LogP contribution in [0.15, 0.2) is 30.7 Å². The van der Waals surface area contributed by atoms with E-state index in [2.05, 4.69) is 30.7 Å². The smallest absolute Gasteiger partial charge is 0.142 e. The summed E-state index contributed by atoms with van der Waals surface area (Å²) in [4.78, 5) is 8.19. The van der Waals surface area contributed by atoms with Crippen molar-refractivity contribution in [2.75, 3.05) is 0 Å². The third-order valence-corrected chi connectivity index (χ3v) is 2.95. The zero-order valence-corrected chi connectivity index (χ0v) is 11.3. The van der Waals surface area contributed by atoms with E-state index in [1.54, 1.807) is 12.4 Å². The molecular weight excluding hydrogens is 251 g/mol. The topological polar surface area (TPSA) is 25.8 Å². The van der Waals surface area contributed by atoms with E-state index in [4.69, 9.17) is 11.6 Å². The minimum atomic E-state index is -0.386. The molecule has 0 unspecified atom stereocenters. The van der Waals surface area contributed by atoms with Gasteiger partial charge in [0.25, 0.3) is 0 Å². The van der Waals surface area contributed by atoms with Gasteiger partial charge in [0.15, 0.2) is 0 Å². The lowest BCUT2D eigenvalue weighted by molar-refractivity contribution is 0.569. The summed E-state index contributed by atoms with van der Waals surface area (Å²) in [6.45, 7) is 6.19. The fourth-order valence-corrected chi connectivity index (χ4v) is 1.87. The molecule has 0 atom stereocenters. The molecule has 0 spiro atoms. The van der Waals surface area contributed by atoms with Gasteiger partial charge in [0, 0.05) is 34.6 Å². The van der Waals surface area contributed by atoms with E-state index in [0.717, 1.165) is 11.9 Å². The standard InChI is InChI=1S/C14H14ClFN2/c1-14(2,3)13-5-12(15)11(8-18-13)9-4-10(16)7-17-6-9/h4-8H,1-3H3. The molecule has 2 rings (SSSR count). The number of pyridine rings is 2. The Morgan fingerprint density at radius 2 is 1.83 bits per heavy atom. The number of nitrogens with zero attached hydrogens (tertiary/aromatic N) is 2. The van der Waals surface area contributed by atoms with Crippen LogP contribution in [0.2, 0.25) is 5.02 Å². The van der Waals surface area contributed by atoms with Gasteiger partial charge in [-0.15, -0.1) is 0 Å². The van der Waals surface area contributed by atoms with Crippen molar-refractivity contribution in [2.24, 2.45) is 0 Å². The molecule has 0 saturated heterocycles. The molecule has 0 radical (unpaired) electrons. The molecule has 0 aliphatic rings. The molecule has 0 saturated carbocycles. The van der Waals surface area contributed by atoms with Crippen molar-refractivity contribution in [3.05, 3.63) is 47.3 Å². The lowest BCUT2D eigenvalue weighted by Crippen LogP contribution is -2.13. The number of rotatable bonds is 1. The molecule has 0 aliphatic carbocycles. The van der Waals surface area contributed by atoms with Gasteiger partial charge in [0.1, 0.15) is 5.82 Å². The zero-order valence-electron chi connectivity index (χ0n) is 10.5. The SMILES string of the molecule is CC(C)(C)c1cc(Cl)c(-c2cncc(F)c2)cn1. The van der Waals surface area contributed by atoms with Crippen molar-refractivity contribution in [1.82, 2.24) is 9.97 Å². The molecule has 0 fully saturated rings. The summed E-state index contributed by atoms with van der Waals surface area (Å²) in [5.41, 5.74) is 2.16. The summed E-state index contributed by atoms with van der Waals surface area (Å²) in [7, 11) is 0. The Kier molecular flexibility index (Phi) is 3.35. The van der Waals surface area contributed by atoms with Crippen LogP contribution in [0.25, 0.3) is 11.1 Å². The van der Waals surface area contributed by atoms with E-state index >= 15 is 0 Å². The van der Waals surface area contributed by atoms with Gasteiger partial charge in [-0.1, -0.05) is 32.4 Å². The average molecular weight is 265 g/mol. The maximum Gasteiger partial charge on any atom is 0.142 e. The third-order valence-electron chi connectivity index (χ3n) is 2.64. The molecule has 18 heavy (non-hydrogen) atoms. The molecule has 2 aromatic heterocycles. The molecule has 0 aromatic carbocycles. The van der Waals surface area contributed by atoms with Gasteiger partial charge in [-0.2, -0.15) is 0 Å². The maximum absolute atomic E-state index is 13.1. The van der Waals surface area contributed by atoms with Crippen molar-refractivity contribution in [3.8, 4) is 11.1 Å². The quantitative estimate of drug-likeness (QED) is 0.770. The van der Waals surface area contributed by atoms with Crippen LogP contribution in [0.1, 0.15) is 26.5 Å². The highest BCUT2D eigenvalue weighted by molar-refractivity contribution is 6.33. The highest BCUT2D eigenvalue weighted by atomic mass is 35.5. The molecule has 4 heteroatoms. The van der Waals surface area contributed by atoms with Gasteiger partial charge in [0.05, 0.1) is 11.2 Å². The van der Waals surface area contributed by atoms with Gasteiger partial charge < -0.3 is 0 Å². The zero-order chi connectivity index (χ0) is 13.3. The Balaban J connectivity index is 2.48. The van der Waals surface area contributed by atoms with E-state index in [1.165, 1.54) is 6.07 Å². The van der Waals surface area contributed by atoms with Crippen LogP contribution in [-0.2, 0) is 5.41 Å². The largest absolute Gasteiger partial charge is 0.261 e. The Bertz CT molecular complexity index is 576. The molecule has 94 valence electrons. The van der Waals surface area contributed by atoms with E-state index in [1.807, 2.05) is 6.07 Å². The Hall–Kier alpha value is -1.48. The second-order valence-electron chi connectivity index (χ2n) is 5.19. The van der Waals surface area contributed by atoms with Crippen molar-refractivity contribution in [1.29, 1.82) is 0 Å². The van der Waals surface area contributed by atoms with E-state index < -0.39 is 0 Å². The van der Waals surface area contributed by atoms with Gasteiger partial charge in [-0.25, -0.2) is 4.39 Å². The van der Waals surface area contributed by atoms with Gasteiger partial charge in [0.2, 0.25) is 0 Å². The summed E-state index contributed by atoms with van der Waals surface area (Å²) in [6.07, 6.45) is 4.40. The Morgan fingerprint density at radius 3 is 2.39 bits per heavy atom. The van der Waals surface area contributed by atoms with Crippen LogP contribution in [-0.4, -0.2) is 9.97 Å². The fraction of sp³-hybridized carbons (Fsp3) is 0.286. The molecule has 0 bridgehead atoms. The van der Waals surface area contributed by atoms with Gasteiger partial charge in [-0.3, -0.25) is 9.97 Å². The summed E-state index contributed by atoms with van der Waals surface area (Å²) < 4.78 is 13.1. The molecule has 2 nitrogen and oxygen atoms in total. The summed E-state index contributed by atoms with van der Waals surface area (Å²) in [6, 6.07) is 3.22. The molecule has 0 amide bonds. The van der Waals surface area contributed by atoms with Crippen LogP contribution < -0.4 is 0 Å². The molecule has 0 aliphatic heterocycles. The second-order valence-corrected chi connectivity index (χ2v) is 5.60. The number of halogens is 2. The summed E-state index contributed by atoms with van der Waals surface area (Å²) in [5.74, 6) is -0.386. The van der Waals surface area contributed by atoms with Crippen LogP contribution >= 0.6 is 11.6 Å². The first-order valence-electron chi connectivity index (χ1n) is 5.65. The number of hydrogen-bond donors (Lipinski definition) is 0. The number of aromatic nitrogens is 2. The summed E-state index contributed by atoms with van der Waals surface area (Å²) >= 11 is 6.23. The minimum absolute atomic E-state index is 0.0671. The van der Waals surface area contributed by atoms with Gasteiger partial charge in [-0.05, 0) is 12.1 Å². The van der Waals surface area contributed by atoms with Crippen LogP contribution in [0.3, 0.4) is 0 Å². The highest BCUT2D eigenvalue weighted by Crippen LogP contribution is 2.30. The fourth-order valence-electron chi connectivity index (χ4n) is 1.61. The Labute approximate surface area is 111 Å². The van der Waals surface area contributed by atoms with E-state index in [9.17, 15) is 4.39 Å². The van der Waals surface area contributed by atoms with Crippen LogP contribution in [0.4, 0.5) is 4.39 Å².